The van der Waals surface area contributed by atoms with Gasteiger partial charge in [0, 0.05) is 12.0 Å². The number of esters is 1. The van der Waals surface area contributed by atoms with Crippen LogP contribution in [0.15, 0.2) is 42.5 Å². The number of carbonyl (C=O) groups excluding carboxylic acids is 1. The molecule has 0 aliphatic heterocycles. The second-order valence-electron chi connectivity index (χ2n) is 6.54. The zero-order valence-electron chi connectivity index (χ0n) is 14.1. The molecular weight excluding hydrogens is 284 g/mol. The van der Waals surface area contributed by atoms with Crippen LogP contribution in [0, 0.1) is 5.92 Å². The molecule has 1 unspecified atom stereocenters. The van der Waals surface area contributed by atoms with Crippen molar-refractivity contribution in [2.75, 3.05) is 0 Å². The molecule has 1 atom stereocenters. The van der Waals surface area contributed by atoms with Crippen LogP contribution in [0.2, 0.25) is 0 Å². The average Bonchev–Trinajstić information content (AvgIpc) is 2.55. The van der Waals surface area contributed by atoms with Gasteiger partial charge < -0.3 is 4.74 Å². The van der Waals surface area contributed by atoms with E-state index in [4.69, 9.17) is 4.74 Å². The first kappa shape index (κ1) is 15.8. The third-order valence-corrected chi connectivity index (χ3v) is 4.50. The van der Waals surface area contributed by atoms with Crippen molar-refractivity contribution in [3.63, 3.8) is 0 Å². The molecule has 1 aliphatic carbocycles. The predicted molar refractivity (Wildman–Crippen MR) is 95.1 cm³/mol. The van der Waals surface area contributed by atoms with Gasteiger partial charge in [-0.15, -0.1) is 0 Å². The zero-order valence-corrected chi connectivity index (χ0v) is 14.1. The number of ether oxygens (including phenoxy) is 1. The van der Waals surface area contributed by atoms with Crippen molar-refractivity contribution < 1.29 is 9.53 Å². The van der Waals surface area contributed by atoms with E-state index in [-0.39, 0.29) is 12.1 Å². The molecule has 0 amide bonds. The Kier molecular flexibility index (Phi) is 4.51. The Morgan fingerprint density at radius 1 is 1.17 bits per heavy atom. The fourth-order valence-electron chi connectivity index (χ4n) is 3.31. The number of benzene rings is 2. The number of unbranched alkanes of at least 4 members (excludes halogenated alkanes) is 1. The summed E-state index contributed by atoms with van der Waals surface area (Å²) in [5.41, 5.74) is 3.64. The summed E-state index contributed by atoms with van der Waals surface area (Å²) >= 11 is 0. The van der Waals surface area contributed by atoms with Gasteiger partial charge in [0.25, 0.3) is 0 Å². The van der Waals surface area contributed by atoms with Crippen molar-refractivity contribution in [3.8, 4) is 0 Å². The highest BCUT2D eigenvalue weighted by atomic mass is 16.5. The van der Waals surface area contributed by atoms with Crippen molar-refractivity contribution >= 4 is 22.3 Å². The van der Waals surface area contributed by atoms with Crippen LogP contribution >= 0.6 is 0 Å². The van der Waals surface area contributed by atoms with Crippen molar-refractivity contribution in [1.82, 2.24) is 0 Å². The van der Waals surface area contributed by atoms with E-state index in [1.54, 1.807) is 0 Å². The monoisotopic (exact) mass is 308 g/mol. The average molecular weight is 308 g/mol. The molecule has 23 heavy (non-hydrogen) atoms. The van der Waals surface area contributed by atoms with Gasteiger partial charge in [0.05, 0.1) is 0 Å². The fourth-order valence-corrected chi connectivity index (χ4v) is 3.31. The number of hydrogen-bond acceptors (Lipinski definition) is 2. The quantitative estimate of drug-likeness (QED) is 0.665. The van der Waals surface area contributed by atoms with Crippen LogP contribution in [0.25, 0.3) is 16.3 Å². The van der Waals surface area contributed by atoms with Gasteiger partial charge in [0.15, 0.2) is 0 Å². The van der Waals surface area contributed by atoms with Crippen LogP contribution in [-0.4, -0.2) is 5.97 Å². The molecule has 0 aromatic heterocycles. The Labute approximate surface area is 138 Å². The molecule has 0 spiro atoms. The Hall–Kier alpha value is -2.09. The van der Waals surface area contributed by atoms with Crippen molar-refractivity contribution in [2.45, 2.75) is 46.1 Å². The first-order chi connectivity index (χ1) is 11.1. The minimum Gasteiger partial charge on any atom is -0.453 e. The lowest BCUT2D eigenvalue weighted by atomic mass is 9.82. The van der Waals surface area contributed by atoms with E-state index in [2.05, 4.69) is 57.2 Å². The molecular formula is C21H24O2. The van der Waals surface area contributed by atoms with Crippen LogP contribution in [0.4, 0.5) is 0 Å². The van der Waals surface area contributed by atoms with Crippen LogP contribution in [0.1, 0.15) is 57.3 Å². The number of rotatable bonds is 5. The molecule has 3 rings (SSSR count). The van der Waals surface area contributed by atoms with Crippen LogP contribution in [0.5, 0.6) is 0 Å². The maximum absolute atomic E-state index is 12.1. The first-order valence-corrected chi connectivity index (χ1v) is 8.55. The largest absolute Gasteiger partial charge is 0.453 e. The second-order valence-corrected chi connectivity index (χ2v) is 6.54. The predicted octanol–water partition coefficient (Wildman–Crippen LogP) is 5.67. The Morgan fingerprint density at radius 2 is 1.91 bits per heavy atom. The van der Waals surface area contributed by atoms with E-state index in [0.717, 1.165) is 18.4 Å². The van der Waals surface area contributed by atoms with Gasteiger partial charge in [0.2, 0.25) is 0 Å². The number of allylic oxidation sites excluding steroid dienone is 1. The van der Waals surface area contributed by atoms with E-state index < -0.39 is 0 Å². The van der Waals surface area contributed by atoms with Crippen molar-refractivity contribution in [3.05, 3.63) is 53.6 Å². The molecule has 120 valence electrons. The van der Waals surface area contributed by atoms with Crippen LogP contribution < -0.4 is 0 Å². The summed E-state index contributed by atoms with van der Waals surface area (Å²) in [7, 11) is 0. The van der Waals surface area contributed by atoms with Crippen molar-refractivity contribution in [1.29, 1.82) is 0 Å². The highest BCUT2D eigenvalue weighted by Gasteiger charge is 2.25. The van der Waals surface area contributed by atoms with Gasteiger partial charge in [-0.25, -0.2) is 0 Å². The first-order valence-electron chi connectivity index (χ1n) is 8.55. The smallest absolute Gasteiger partial charge is 0.306 e. The Morgan fingerprint density at radius 3 is 2.61 bits per heavy atom. The maximum atomic E-state index is 12.1. The van der Waals surface area contributed by atoms with E-state index >= 15 is 0 Å². The summed E-state index contributed by atoms with van der Waals surface area (Å²) in [6, 6.07) is 12.7. The Bertz CT molecular complexity index is 750. The van der Waals surface area contributed by atoms with E-state index in [0.29, 0.717) is 12.3 Å². The summed E-state index contributed by atoms with van der Waals surface area (Å²) < 4.78 is 5.81. The minimum absolute atomic E-state index is 0.104. The normalized spacial score (nSPS) is 16.5. The minimum atomic E-state index is -0.268. The Balaban J connectivity index is 2.05. The highest BCUT2D eigenvalue weighted by molar-refractivity contribution is 5.99. The van der Waals surface area contributed by atoms with E-state index in [9.17, 15) is 4.79 Å². The summed E-state index contributed by atoms with van der Waals surface area (Å²) in [5.74, 6) is 0.290. The summed E-state index contributed by atoms with van der Waals surface area (Å²) in [6.45, 7) is 6.46. The molecule has 0 radical (unpaired) electrons. The molecule has 2 nitrogen and oxygen atoms in total. The topological polar surface area (TPSA) is 26.3 Å². The van der Waals surface area contributed by atoms with Gasteiger partial charge in [-0.1, -0.05) is 63.6 Å². The molecule has 0 saturated heterocycles. The lowest BCUT2D eigenvalue weighted by molar-refractivity contribution is -0.147. The van der Waals surface area contributed by atoms with Gasteiger partial charge in [-0.05, 0) is 40.3 Å². The summed E-state index contributed by atoms with van der Waals surface area (Å²) in [5, 5.41) is 2.44. The molecule has 2 heteroatoms. The highest BCUT2D eigenvalue weighted by Crippen LogP contribution is 2.41. The maximum Gasteiger partial charge on any atom is 0.306 e. The number of hydrogen-bond donors (Lipinski definition) is 0. The fraction of sp³-hybridized carbons (Fsp3) is 0.381. The molecule has 0 fully saturated rings. The van der Waals surface area contributed by atoms with E-state index in [1.165, 1.54) is 21.9 Å². The molecule has 0 heterocycles. The van der Waals surface area contributed by atoms with Crippen LogP contribution in [-0.2, 0) is 9.53 Å². The van der Waals surface area contributed by atoms with Crippen molar-refractivity contribution in [2.24, 2.45) is 5.92 Å². The molecule has 2 aromatic rings. The van der Waals surface area contributed by atoms with Crippen LogP contribution in [0.3, 0.4) is 0 Å². The third kappa shape index (κ3) is 3.03. The lowest BCUT2D eigenvalue weighted by Crippen LogP contribution is -2.14. The molecule has 1 aliphatic rings. The van der Waals surface area contributed by atoms with E-state index in [1.807, 2.05) is 6.07 Å². The lowest BCUT2D eigenvalue weighted by Gasteiger charge is -2.27. The van der Waals surface area contributed by atoms with Gasteiger partial charge >= 0.3 is 5.97 Å². The standard InChI is InChI=1S/C21H24O2/c1-4-5-12-20(22)23-19-13-18(14(2)3)16-10-6-8-15-9-7-11-17(19)21(15)16/h6-11,13-14,19H,4-5,12H2,1-3H3. The zero-order chi connectivity index (χ0) is 16.4. The molecule has 0 N–H and O–H groups in total. The summed E-state index contributed by atoms with van der Waals surface area (Å²) in [4.78, 5) is 12.1. The SMILES string of the molecule is CCCCC(=O)OC1C=C(C(C)C)c2cccc3cccc1c23. The third-order valence-electron chi connectivity index (χ3n) is 4.50. The number of carbonyl (C=O) groups is 1. The molecule has 0 saturated carbocycles. The molecule has 2 aromatic carbocycles. The van der Waals surface area contributed by atoms with Gasteiger partial charge in [-0.2, -0.15) is 0 Å². The molecule has 0 bridgehead atoms. The van der Waals surface area contributed by atoms with Gasteiger partial charge in [-0.3, -0.25) is 4.79 Å². The summed E-state index contributed by atoms with van der Waals surface area (Å²) in [6.07, 6.45) is 4.25. The second kappa shape index (κ2) is 6.57. The van der Waals surface area contributed by atoms with Gasteiger partial charge in [0.1, 0.15) is 6.10 Å².